The van der Waals surface area contributed by atoms with Crippen molar-refractivity contribution >= 4 is 31.9 Å². The third-order valence-electron chi connectivity index (χ3n) is 2.82. The van der Waals surface area contributed by atoms with Gasteiger partial charge in [0, 0.05) is 20.1 Å². The van der Waals surface area contributed by atoms with E-state index >= 15 is 0 Å². The molecule has 0 aliphatic heterocycles. The first kappa shape index (κ1) is 15.5. The number of hydrogen-bond acceptors (Lipinski definition) is 2. The van der Waals surface area contributed by atoms with Gasteiger partial charge >= 0.3 is 0 Å². The standard InChI is InChI=1S/C15H13Br2FO2/c1-9(19)13-5-4-12(17)7-15(13)20-8-10-2-3-11(16)6-14(10)18/h2-7,9,19H,8H2,1H3/t9-/m0/s1. The highest BCUT2D eigenvalue weighted by molar-refractivity contribution is 9.10. The van der Waals surface area contributed by atoms with Crippen molar-refractivity contribution in [1.82, 2.24) is 0 Å². The van der Waals surface area contributed by atoms with E-state index in [-0.39, 0.29) is 12.4 Å². The summed E-state index contributed by atoms with van der Waals surface area (Å²) >= 11 is 6.57. The van der Waals surface area contributed by atoms with Crippen LogP contribution >= 0.6 is 31.9 Å². The first-order valence-electron chi connectivity index (χ1n) is 6.01. The number of halogens is 3. The molecule has 0 amide bonds. The quantitative estimate of drug-likeness (QED) is 0.779. The van der Waals surface area contributed by atoms with Gasteiger partial charge in [-0.2, -0.15) is 0 Å². The van der Waals surface area contributed by atoms with Crippen LogP contribution in [-0.4, -0.2) is 5.11 Å². The fraction of sp³-hybridized carbons (Fsp3) is 0.200. The molecule has 2 nitrogen and oxygen atoms in total. The van der Waals surface area contributed by atoms with E-state index in [1.54, 1.807) is 31.2 Å². The van der Waals surface area contributed by atoms with Crippen LogP contribution in [0.25, 0.3) is 0 Å². The molecule has 0 spiro atoms. The Morgan fingerprint density at radius 2 is 1.80 bits per heavy atom. The predicted octanol–water partition coefficient (Wildman–Crippen LogP) is 4.98. The molecular formula is C15H13Br2FO2. The van der Waals surface area contributed by atoms with Gasteiger partial charge in [0.2, 0.25) is 0 Å². The SMILES string of the molecule is C[C@H](O)c1ccc(Br)cc1OCc1ccc(Br)cc1F. The highest BCUT2D eigenvalue weighted by atomic mass is 79.9. The molecule has 106 valence electrons. The van der Waals surface area contributed by atoms with Gasteiger partial charge in [-0.3, -0.25) is 0 Å². The van der Waals surface area contributed by atoms with E-state index in [0.717, 1.165) is 4.47 Å². The Labute approximate surface area is 133 Å². The lowest BCUT2D eigenvalue weighted by Gasteiger charge is -2.14. The van der Waals surface area contributed by atoms with Crippen LogP contribution in [0.5, 0.6) is 5.75 Å². The van der Waals surface area contributed by atoms with Crippen LogP contribution in [-0.2, 0) is 6.61 Å². The van der Waals surface area contributed by atoms with Crippen molar-refractivity contribution < 1.29 is 14.2 Å². The van der Waals surface area contributed by atoms with Crippen molar-refractivity contribution in [2.24, 2.45) is 0 Å². The van der Waals surface area contributed by atoms with Crippen molar-refractivity contribution in [2.75, 3.05) is 0 Å². The van der Waals surface area contributed by atoms with Crippen LogP contribution in [0.4, 0.5) is 4.39 Å². The van der Waals surface area contributed by atoms with Crippen molar-refractivity contribution in [3.05, 3.63) is 62.3 Å². The Morgan fingerprint density at radius 3 is 2.45 bits per heavy atom. The third-order valence-corrected chi connectivity index (χ3v) is 3.81. The Hall–Kier alpha value is -0.910. The zero-order valence-corrected chi connectivity index (χ0v) is 13.9. The Balaban J connectivity index is 2.20. The zero-order chi connectivity index (χ0) is 14.7. The van der Waals surface area contributed by atoms with Crippen LogP contribution in [0.1, 0.15) is 24.2 Å². The van der Waals surface area contributed by atoms with Gasteiger partial charge in [0.25, 0.3) is 0 Å². The topological polar surface area (TPSA) is 29.5 Å². The lowest BCUT2D eigenvalue weighted by molar-refractivity contribution is 0.190. The monoisotopic (exact) mass is 402 g/mol. The van der Waals surface area contributed by atoms with E-state index in [1.807, 2.05) is 6.07 Å². The molecule has 0 fully saturated rings. The fourth-order valence-electron chi connectivity index (χ4n) is 1.77. The second-order valence-electron chi connectivity index (χ2n) is 4.38. The third kappa shape index (κ3) is 3.81. The van der Waals surface area contributed by atoms with E-state index in [9.17, 15) is 9.50 Å². The van der Waals surface area contributed by atoms with Gasteiger partial charge in [-0.05, 0) is 31.2 Å². The Kier molecular flexibility index (Phi) is 5.18. The van der Waals surface area contributed by atoms with Crippen LogP contribution in [0.2, 0.25) is 0 Å². The van der Waals surface area contributed by atoms with Gasteiger partial charge in [-0.25, -0.2) is 4.39 Å². The van der Waals surface area contributed by atoms with Crippen LogP contribution in [0, 0.1) is 5.82 Å². The summed E-state index contributed by atoms with van der Waals surface area (Å²) in [6, 6.07) is 10.2. The normalized spacial score (nSPS) is 12.2. The summed E-state index contributed by atoms with van der Waals surface area (Å²) in [4.78, 5) is 0. The number of hydrogen-bond donors (Lipinski definition) is 1. The molecule has 0 bridgehead atoms. The van der Waals surface area contributed by atoms with Crippen LogP contribution in [0.3, 0.4) is 0 Å². The maximum Gasteiger partial charge on any atom is 0.130 e. The molecule has 0 radical (unpaired) electrons. The Bertz CT molecular complexity index is 615. The smallest absolute Gasteiger partial charge is 0.130 e. The minimum Gasteiger partial charge on any atom is -0.488 e. The molecule has 0 unspecified atom stereocenters. The van der Waals surface area contributed by atoms with Gasteiger partial charge in [0.1, 0.15) is 18.2 Å². The van der Waals surface area contributed by atoms with E-state index in [4.69, 9.17) is 4.74 Å². The molecule has 1 atom stereocenters. The van der Waals surface area contributed by atoms with Gasteiger partial charge in [0.05, 0.1) is 6.10 Å². The second-order valence-corrected chi connectivity index (χ2v) is 6.21. The average Bonchev–Trinajstić information content (AvgIpc) is 2.37. The fourth-order valence-corrected chi connectivity index (χ4v) is 2.45. The van der Waals surface area contributed by atoms with E-state index in [0.29, 0.717) is 21.3 Å². The molecule has 1 N–H and O–H groups in total. The molecule has 0 aromatic heterocycles. The summed E-state index contributed by atoms with van der Waals surface area (Å²) in [7, 11) is 0. The summed E-state index contributed by atoms with van der Waals surface area (Å²) in [6.07, 6.45) is -0.645. The summed E-state index contributed by atoms with van der Waals surface area (Å²) < 4.78 is 20.9. The van der Waals surface area contributed by atoms with Gasteiger partial charge in [0.15, 0.2) is 0 Å². The first-order valence-corrected chi connectivity index (χ1v) is 7.60. The molecule has 2 rings (SSSR count). The average molecular weight is 404 g/mol. The van der Waals surface area contributed by atoms with Gasteiger partial charge in [-0.1, -0.05) is 44.0 Å². The lowest BCUT2D eigenvalue weighted by atomic mass is 10.1. The molecular weight excluding hydrogens is 391 g/mol. The molecule has 20 heavy (non-hydrogen) atoms. The van der Waals surface area contributed by atoms with E-state index in [2.05, 4.69) is 31.9 Å². The van der Waals surface area contributed by atoms with Gasteiger partial charge in [-0.15, -0.1) is 0 Å². The molecule has 0 aliphatic rings. The van der Waals surface area contributed by atoms with Crippen molar-refractivity contribution in [2.45, 2.75) is 19.6 Å². The van der Waals surface area contributed by atoms with Crippen molar-refractivity contribution in [3.8, 4) is 5.75 Å². The highest BCUT2D eigenvalue weighted by Gasteiger charge is 2.11. The number of aliphatic hydroxyl groups is 1. The first-order chi connectivity index (χ1) is 9.47. The predicted molar refractivity (Wildman–Crippen MR) is 83.2 cm³/mol. The van der Waals surface area contributed by atoms with Crippen LogP contribution in [0.15, 0.2) is 45.3 Å². The van der Waals surface area contributed by atoms with Crippen LogP contribution < -0.4 is 4.74 Å². The molecule has 2 aromatic rings. The van der Waals surface area contributed by atoms with E-state index < -0.39 is 6.10 Å². The minimum atomic E-state index is -0.645. The maximum atomic E-state index is 13.7. The summed E-state index contributed by atoms with van der Waals surface area (Å²) in [6.45, 7) is 1.77. The highest BCUT2D eigenvalue weighted by Crippen LogP contribution is 2.29. The number of rotatable bonds is 4. The van der Waals surface area contributed by atoms with E-state index in [1.165, 1.54) is 6.07 Å². The minimum absolute atomic E-state index is 0.106. The molecule has 0 aliphatic carbocycles. The zero-order valence-electron chi connectivity index (χ0n) is 10.7. The number of benzene rings is 2. The second kappa shape index (κ2) is 6.70. The number of ether oxygens (including phenoxy) is 1. The lowest BCUT2D eigenvalue weighted by Crippen LogP contribution is -2.02. The van der Waals surface area contributed by atoms with Gasteiger partial charge < -0.3 is 9.84 Å². The molecule has 5 heteroatoms. The summed E-state index contributed by atoms with van der Waals surface area (Å²) in [5.74, 6) is 0.213. The summed E-state index contributed by atoms with van der Waals surface area (Å²) in [5.41, 5.74) is 1.13. The molecule has 2 aromatic carbocycles. The van der Waals surface area contributed by atoms with Crippen molar-refractivity contribution in [3.63, 3.8) is 0 Å². The maximum absolute atomic E-state index is 13.7. The molecule has 0 saturated heterocycles. The molecule has 0 saturated carbocycles. The largest absolute Gasteiger partial charge is 0.488 e. The number of aliphatic hydroxyl groups excluding tert-OH is 1. The molecule has 0 heterocycles. The Morgan fingerprint density at radius 1 is 1.15 bits per heavy atom. The van der Waals surface area contributed by atoms with Crippen molar-refractivity contribution in [1.29, 1.82) is 0 Å². The summed E-state index contributed by atoms with van der Waals surface area (Å²) in [5, 5.41) is 9.71.